The lowest BCUT2D eigenvalue weighted by Crippen LogP contribution is -2.26. The first-order valence-corrected chi connectivity index (χ1v) is 18.0. The average molecular weight is 748 g/mol. The molecule has 0 unspecified atom stereocenters. The number of nitrogens with one attached hydrogen (secondary N) is 2. The summed E-state index contributed by atoms with van der Waals surface area (Å²) in [6, 6.07) is 27.2. The summed E-state index contributed by atoms with van der Waals surface area (Å²) in [4.78, 5) is 25.2. The van der Waals surface area contributed by atoms with Crippen molar-refractivity contribution >= 4 is 11.8 Å². The number of rotatable bonds is 16. The van der Waals surface area contributed by atoms with Crippen LogP contribution in [0.2, 0.25) is 0 Å². The van der Waals surface area contributed by atoms with E-state index < -0.39 is 11.6 Å². The Balaban J connectivity index is 0.996. The zero-order valence-electron chi connectivity index (χ0n) is 31.2. The lowest BCUT2D eigenvalue weighted by molar-refractivity contribution is 0.0935. The smallest absolute Gasteiger partial charge is 0.273 e. The van der Waals surface area contributed by atoms with Crippen molar-refractivity contribution in [2.24, 2.45) is 7.05 Å². The normalized spacial score (nSPS) is 11.0. The first kappa shape index (κ1) is 38.4. The van der Waals surface area contributed by atoms with E-state index in [1.165, 1.54) is 18.9 Å². The van der Waals surface area contributed by atoms with Gasteiger partial charge in [-0.05, 0) is 67.0 Å². The van der Waals surface area contributed by atoms with Gasteiger partial charge in [0, 0.05) is 49.3 Å². The van der Waals surface area contributed by atoms with Crippen molar-refractivity contribution in [3.8, 4) is 33.8 Å². The summed E-state index contributed by atoms with van der Waals surface area (Å²) in [6.07, 6.45) is 3.17. The molecule has 284 valence electrons. The molecule has 2 amide bonds. The minimum absolute atomic E-state index is 0.123. The maximum Gasteiger partial charge on any atom is 0.273 e. The van der Waals surface area contributed by atoms with Crippen LogP contribution >= 0.6 is 0 Å². The van der Waals surface area contributed by atoms with Crippen molar-refractivity contribution in [3.05, 3.63) is 142 Å². The van der Waals surface area contributed by atoms with E-state index in [0.29, 0.717) is 58.9 Å². The highest BCUT2D eigenvalue weighted by atomic mass is 19.1. The number of hydrogen-bond donors (Lipinski definition) is 2. The third-order valence-electron chi connectivity index (χ3n) is 9.35. The monoisotopic (exact) mass is 747 g/mol. The van der Waals surface area contributed by atoms with Gasteiger partial charge in [0.25, 0.3) is 11.8 Å². The van der Waals surface area contributed by atoms with Crippen LogP contribution < -0.4 is 20.1 Å². The number of halogens is 2. The second-order valence-electron chi connectivity index (χ2n) is 13.2. The molecule has 12 heteroatoms. The van der Waals surface area contributed by atoms with Crippen LogP contribution in [0.1, 0.15) is 62.0 Å². The number of methoxy groups -OCH3 is 2. The van der Waals surface area contributed by atoms with E-state index in [-0.39, 0.29) is 35.4 Å². The van der Waals surface area contributed by atoms with Crippen molar-refractivity contribution in [1.29, 1.82) is 0 Å². The number of nitrogens with zero attached hydrogens (tertiary/aromatic N) is 3. The molecule has 0 radical (unpaired) electrons. The van der Waals surface area contributed by atoms with E-state index in [9.17, 15) is 14.0 Å². The van der Waals surface area contributed by atoms with Crippen molar-refractivity contribution in [2.75, 3.05) is 27.3 Å². The molecular formula is C43H43F2N5O5. The quantitative estimate of drug-likeness (QED) is 0.0976. The number of benzene rings is 4. The van der Waals surface area contributed by atoms with Gasteiger partial charge >= 0.3 is 0 Å². The van der Waals surface area contributed by atoms with Crippen LogP contribution in [0.3, 0.4) is 0 Å². The Hall–Kier alpha value is -6.30. The van der Waals surface area contributed by atoms with Gasteiger partial charge in [0.1, 0.15) is 11.5 Å². The van der Waals surface area contributed by atoms with Crippen LogP contribution in [0.25, 0.3) is 22.3 Å². The van der Waals surface area contributed by atoms with Crippen molar-refractivity contribution < 1.29 is 32.4 Å². The summed E-state index contributed by atoms with van der Waals surface area (Å²) in [7, 11) is 4.58. The maximum atomic E-state index is 15.9. The SMILES string of the molecule is COc1cccc(-c2ccc(CCCNC(=O)c3cc(Cc4ccc(-c5ccc(CCCNC(=O)c6cc(C)on6)cc5)c(F)c4OC)nn3C)cc2)c1F. The predicted octanol–water partition coefficient (Wildman–Crippen LogP) is 7.66. The van der Waals surface area contributed by atoms with Gasteiger partial charge in [-0.25, -0.2) is 8.78 Å². The van der Waals surface area contributed by atoms with Crippen LogP contribution in [-0.4, -0.2) is 54.1 Å². The van der Waals surface area contributed by atoms with Crippen LogP contribution in [0.15, 0.2) is 95.5 Å². The number of amides is 2. The van der Waals surface area contributed by atoms with Crippen molar-refractivity contribution in [3.63, 3.8) is 0 Å². The van der Waals surface area contributed by atoms with E-state index in [0.717, 1.165) is 36.0 Å². The predicted molar refractivity (Wildman–Crippen MR) is 205 cm³/mol. The number of ether oxygens (including phenoxy) is 2. The summed E-state index contributed by atoms with van der Waals surface area (Å²) in [5.41, 5.74) is 6.33. The molecule has 0 aliphatic carbocycles. The summed E-state index contributed by atoms with van der Waals surface area (Å²) in [6.45, 7) is 2.67. The highest BCUT2D eigenvalue weighted by molar-refractivity contribution is 5.93. The highest BCUT2D eigenvalue weighted by Gasteiger charge is 2.19. The first-order chi connectivity index (χ1) is 26.6. The fraction of sp³-hybridized carbons (Fsp3) is 0.256. The highest BCUT2D eigenvalue weighted by Crippen LogP contribution is 2.34. The van der Waals surface area contributed by atoms with E-state index in [1.54, 1.807) is 50.4 Å². The summed E-state index contributed by atoms with van der Waals surface area (Å²) in [5, 5.41) is 14.0. The summed E-state index contributed by atoms with van der Waals surface area (Å²) in [5.74, 6) is -0.499. The minimum Gasteiger partial charge on any atom is -0.494 e. The molecule has 55 heavy (non-hydrogen) atoms. The Labute approximate surface area is 318 Å². The minimum atomic E-state index is -0.477. The zero-order chi connectivity index (χ0) is 38.9. The van der Waals surface area contributed by atoms with Gasteiger partial charge in [-0.1, -0.05) is 78.0 Å². The molecule has 0 fully saturated rings. The molecule has 6 rings (SSSR count). The largest absolute Gasteiger partial charge is 0.494 e. The number of aryl methyl sites for hydroxylation is 4. The van der Waals surface area contributed by atoms with Crippen molar-refractivity contribution in [1.82, 2.24) is 25.6 Å². The van der Waals surface area contributed by atoms with Gasteiger partial charge in [0.2, 0.25) is 0 Å². The fourth-order valence-electron chi connectivity index (χ4n) is 6.44. The van der Waals surface area contributed by atoms with Gasteiger partial charge < -0.3 is 24.6 Å². The molecule has 2 aromatic heterocycles. The third-order valence-corrected chi connectivity index (χ3v) is 9.35. The molecule has 6 aromatic rings. The van der Waals surface area contributed by atoms with Crippen LogP contribution in [0.5, 0.6) is 11.5 Å². The van der Waals surface area contributed by atoms with Gasteiger partial charge in [-0.3, -0.25) is 14.3 Å². The third kappa shape index (κ3) is 9.26. The van der Waals surface area contributed by atoms with E-state index >= 15 is 4.39 Å². The zero-order valence-corrected chi connectivity index (χ0v) is 31.2. The number of carbonyl (C=O) groups excluding carboxylic acids is 2. The molecule has 0 saturated heterocycles. The number of hydrogen-bond acceptors (Lipinski definition) is 7. The lowest BCUT2D eigenvalue weighted by Gasteiger charge is -2.13. The number of aromatic nitrogens is 3. The van der Waals surface area contributed by atoms with Gasteiger partial charge in [-0.15, -0.1) is 0 Å². The average Bonchev–Trinajstić information content (AvgIpc) is 3.80. The topological polar surface area (TPSA) is 121 Å². The van der Waals surface area contributed by atoms with Gasteiger partial charge in [0.15, 0.2) is 28.8 Å². The summed E-state index contributed by atoms with van der Waals surface area (Å²) < 4.78 is 47.6. The van der Waals surface area contributed by atoms with Crippen LogP contribution in [0.4, 0.5) is 8.78 Å². The van der Waals surface area contributed by atoms with E-state index in [1.807, 2.05) is 54.6 Å². The summed E-state index contributed by atoms with van der Waals surface area (Å²) >= 11 is 0. The fourth-order valence-corrected chi connectivity index (χ4v) is 6.44. The Morgan fingerprint density at radius 3 is 1.96 bits per heavy atom. The number of carbonyl (C=O) groups is 2. The molecule has 0 bridgehead atoms. The molecule has 0 aliphatic heterocycles. The van der Waals surface area contributed by atoms with E-state index in [2.05, 4.69) is 20.9 Å². The molecule has 4 aromatic carbocycles. The first-order valence-electron chi connectivity index (χ1n) is 18.0. The Morgan fingerprint density at radius 1 is 0.764 bits per heavy atom. The molecule has 0 aliphatic rings. The van der Waals surface area contributed by atoms with Gasteiger partial charge in [0.05, 0.1) is 19.9 Å². The Kier molecular flexibility index (Phi) is 12.4. The second-order valence-corrected chi connectivity index (χ2v) is 13.2. The van der Waals surface area contributed by atoms with E-state index in [4.69, 9.17) is 14.0 Å². The molecular weight excluding hydrogens is 704 g/mol. The van der Waals surface area contributed by atoms with Crippen molar-refractivity contribution in [2.45, 2.75) is 39.0 Å². The second kappa shape index (κ2) is 17.7. The molecule has 0 saturated carbocycles. The Bertz CT molecular complexity index is 2260. The molecule has 0 spiro atoms. The standard InChI is InChI=1S/C43H43F2N5O5/c1-27-24-36(49-55-27)42(51)46-22-6-8-28-14-18-31(19-15-28)35-21-20-32(41(54-4)40(35)45)25-33-26-37(50(2)48-33)43(52)47-23-7-9-29-12-16-30(17-13-29)34-10-5-11-38(53-3)39(34)44/h5,10-21,24,26H,6-9,22-23,25H2,1-4H3,(H,46,51)(H,47,52). The van der Waals surface area contributed by atoms with Crippen LogP contribution in [-0.2, 0) is 26.3 Å². The Morgan fingerprint density at radius 2 is 1.38 bits per heavy atom. The van der Waals surface area contributed by atoms with Crippen LogP contribution in [0, 0.1) is 18.6 Å². The maximum absolute atomic E-state index is 15.9. The molecule has 2 heterocycles. The molecule has 2 N–H and O–H groups in total. The molecule has 10 nitrogen and oxygen atoms in total. The van der Waals surface area contributed by atoms with Gasteiger partial charge in [-0.2, -0.15) is 5.10 Å². The molecule has 0 atom stereocenters. The lowest BCUT2D eigenvalue weighted by atomic mass is 9.98.